The highest BCUT2D eigenvalue weighted by molar-refractivity contribution is 5.91. The van der Waals surface area contributed by atoms with E-state index < -0.39 is 0 Å². The van der Waals surface area contributed by atoms with Crippen LogP contribution >= 0.6 is 0 Å². The maximum atomic E-state index is 12.3. The third kappa shape index (κ3) is 1.91. The predicted molar refractivity (Wildman–Crippen MR) is 66.5 cm³/mol. The fraction of sp³-hybridized carbons (Fsp3) is 0.533. The fourth-order valence-corrected chi connectivity index (χ4v) is 2.59. The maximum absolute atomic E-state index is 12.3. The van der Waals surface area contributed by atoms with E-state index in [1.165, 1.54) is 12.0 Å². The van der Waals surface area contributed by atoms with Gasteiger partial charge in [-0.1, -0.05) is 50.1 Å². The molecular weight excluding hydrogens is 196 g/mol. The number of hydrogen-bond donors (Lipinski definition) is 0. The predicted octanol–water partition coefficient (Wildman–Crippen LogP) is 3.87. The second-order valence-electron chi connectivity index (χ2n) is 4.83. The van der Waals surface area contributed by atoms with Crippen LogP contribution in [-0.4, -0.2) is 5.78 Å². The van der Waals surface area contributed by atoms with Crippen LogP contribution in [0.3, 0.4) is 0 Å². The van der Waals surface area contributed by atoms with Crippen molar-refractivity contribution in [3.05, 3.63) is 35.9 Å². The summed E-state index contributed by atoms with van der Waals surface area (Å²) in [6.45, 7) is 2.14. The summed E-state index contributed by atoms with van der Waals surface area (Å²) in [5, 5.41) is 0. The number of hydrogen-bond acceptors (Lipinski definition) is 1. The highest BCUT2D eigenvalue weighted by atomic mass is 16.1. The van der Waals surface area contributed by atoms with Gasteiger partial charge in [-0.3, -0.25) is 4.79 Å². The molecule has 0 radical (unpaired) electrons. The van der Waals surface area contributed by atoms with Gasteiger partial charge in [-0.2, -0.15) is 0 Å². The van der Waals surface area contributed by atoms with Gasteiger partial charge in [0.25, 0.3) is 0 Å². The summed E-state index contributed by atoms with van der Waals surface area (Å²) in [5.74, 6) is 0.465. The largest absolute Gasteiger partial charge is 0.299 e. The van der Waals surface area contributed by atoms with Crippen molar-refractivity contribution < 1.29 is 4.79 Å². The second kappa shape index (κ2) is 4.82. The van der Waals surface area contributed by atoms with Gasteiger partial charge in [0.15, 0.2) is 0 Å². The van der Waals surface area contributed by atoms with Crippen LogP contribution in [0.25, 0.3) is 0 Å². The maximum Gasteiger partial charge on any atom is 0.143 e. The van der Waals surface area contributed by atoms with Crippen LogP contribution in [0.15, 0.2) is 30.3 Å². The Morgan fingerprint density at radius 1 is 1.25 bits per heavy atom. The molecule has 0 N–H and O–H groups in total. The summed E-state index contributed by atoms with van der Waals surface area (Å²) in [7, 11) is 0. The van der Waals surface area contributed by atoms with E-state index in [1.807, 2.05) is 18.2 Å². The lowest BCUT2D eigenvalue weighted by atomic mass is 9.61. The van der Waals surface area contributed by atoms with E-state index in [1.54, 1.807) is 0 Å². The zero-order chi connectivity index (χ0) is 11.4. The van der Waals surface area contributed by atoms with Crippen molar-refractivity contribution in [2.45, 2.75) is 50.9 Å². The summed E-state index contributed by atoms with van der Waals surface area (Å²) in [6, 6.07) is 10.3. The highest BCUT2D eigenvalue weighted by Gasteiger charge is 2.44. The average Bonchev–Trinajstić information content (AvgIpc) is 2.26. The topological polar surface area (TPSA) is 17.1 Å². The molecule has 86 valence electrons. The Balaban J connectivity index is 2.17. The minimum Gasteiger partial charge on any atom is -0.299 e. The van der Waals surface area contributed by atoms with Crippen molar-refractivity contribution in [3.63, 3.8) is 0 Å². The minimum atomic E-state index is -0.115. The lowest BCUT2D eigenvalue weighted by molar-refractivity contribution is -0.127. The lowest BCUT2D eigenvalue weighted by Crippen LogP contribution is -2.42. The Morgan fingerprint density at radius 3 is 2.44 bits per heavy atom. The Hall–Kier alpha value is -1.11. The normalized spacial score (nSPS) is 17.8. The van der Waals surface area contributed by atoms with Gasteiger partial charge in [0.1, 0.15) is 5.78 Å². The average molecular weight is 216 g/mol. The molecule has 1 nitrogen and oxygen atoms in total. The van der Waals surface area contributed by atoms with Crippen LogP contribution in [-0.2, 0) is 10.2 Å². The first-order chi connectivity index (χ1) is 7.79. The molecule has 1 aliphatic carbocycles. The third-order valence-electron chi connectivity index (χ3n) is 3.82. The molecule has 16 heavy (non-hydrogen) atoms. The molecule has 0 unspecified atom stereocenters. The number of unbranched alkanes of at least 4 members (excludes halogenated alkanes) is 1. The molecule has 1 aliphatic rings. The van der Waals surface area contributed by atoms with Crippen molar-refractivity contribution in [2.24, 2.45) is 0 Å². The van der Waals surface area contributed by atoms with E-state index in [-0.39, 0.29) is 5.41 Å². The monoisotopic (exact) mass is 216 g/mol. The first kappa shape index (κ1) is 11.4. The summed E-state index contributed by atoms with van der Waals surface area (Å²) in [5.41, 5.74) is 1.12. The van der Waals surface area contributed by atoms with Gasteiger partial charge in [-0.05, 0) is 24.8 Å². The van der Waals surface area contributed by atoms with Gasteiger partial charge in [0.05, 0.1) is 5.41 Å². The Kier molecular flexibility index (Phi) is 3.42. The Labute approximate surface area is 97.9 Å². The Morgan fingerprint density at radius 2 is 1.94 bits per heavy atom. The van der Waals surface area contributed by atoms with Crippen LogP contribution in [0.1, 0.15) is 51.0 Å². The van der Waals surface area contributed by atoms with Gasteiger partial charge in [0.2, 0.25) is 0 Å². The molecule has 0 saturated heterocycles. The first-order valence-electron chi connectivity index (χ1n) is 6.38. The SMILES string of the molecule is CCCCC(=O)C1(c2ccccc2)CCC1. The number of ketones is 1. The van der Waals surface area contributed by atoms with Gasteiger partial charge in [0, 0.05) is 6.42 Å². The molecule has 2 rings (SSSR count). The molecule has 0 spiro atoms. The van der Waals surface area contributed by atoms with E-state index >= 15 is 0 Å². The molecule has 1 aromatic rings. The van der Waals surface area contributed by atoms with Gasteiger partial charge in [-0.25, -0.2) is 0 Å². The lowest BCUT2D eigenvalue weighted by Gasteiger charge is -2.41. The number of Topliss-reactive ketones (excluding diaryl/α,β-unsaturated/α-hetero) is 1. The molecule has 0 heterocycles. The van der Waals surface area contributed by atoms with E-state index in [9.17, 15) is 4.79 Å². The highest BCUT2D eigenvalue weighted by Crippen LogP contribution is 2.45. The van der Waals surface area contributed by atoms with Crippen LogP contribution in [0.4, 0.5) is 0 Å². The third-order valence-corrected chi connectivity index (χ3v) is 3.82. The van der Waals surface area contributed by atoms with E-state index in [2.05, 4.69) is 19.1 Å². The summed E-state index contributed by atoms with van der Waals surface area (Å²) in [6.07, 6.45) is 6.21. The Bertz CT molecular complexity index is 349. The van der Waals surface area contributed by atoms with Crippen LogP contribution in [0, 0.1) is 0 Å². The van der Waals surface area contributed by atoms with Crippen molar-refractivity contribution in [1.82, 2.24) is 0 Å². The number of carbonyl (C=O) groups is 1. The van der Waals surface area contributed by atoms with E-state index in [0.29, 0.717) is 5.78 Å². The molecule has 0 bridgehead atoms. The van der Waals surface area contributed by atoms with Crippen molar-refractivity contribution in [3.8, 4) is 0 Å². The molecule has 1 saturated carbocycles. The molecule has 0 amide bonds. The quantitative estimate of drug-likeness (QED) is 0.730. The summed E-state index contributed by atoms with van der Waals surface area (Å²) >= 11 is 0. The van der Waals surface area contributed by atoms with Crippen molar-refractivity contribution >= 4 is 5.78 Å². The first-order valence-corrected chi connectivity index (χ1v) is 6.38. The van der Waals surface area contributed by atoms with Crippen molar-refractivity contribution in [1.29, 1.82) is 0 Å². The molecule has 0 aliphatic heterocycles. The van der Waals surface area contributed by atoms with E-state index in [0.717, 1.165) is 32.1 Å². The molecule has 1 aromatic carbocycles. The zero-order valence-corrected chi connectivity index (χ0v) is 10.0. The van der Waals surface area contributed by atoms with Gasteiger partial charge < -0.3 is 0 Å². The molecule has 1 heteroatoms. The minimum absolute atomic E-state index is 0.115. The fourth-order valence-electron chi connectivity index (χ4n) is 2.59. The van der Waals surface area contributed by atoms with E-state index in [4.69, 9.17) is 0 Å². The van der Waals surface area contributed by atoms with Crippen LogP contribution in [0.2, 0.25) is 0 Å². The standard InChI is InChI=1S/C15H20O/c1-2-3-10-14(16)15(11-7-12-15)13-8-5-4-6-9-13/h4-6,8-9H,2-3,7,10-12H2,1H3. The molecule has 0 aromatic heterocycles. The number of rotatable bonds is 5. The summed E-state index contributed by atoms with van der Waals surface area (Å²) in [4.78, 5) is 12.3. The zero-order valence-electron chi connectivity index (χ0n) is 10.0. The molecule has 0 atom stereocenters. The van der Waals surface area contributed by atoms with Crippen LogP contribution < -0.4 is 0 Å². The second-order valence-corrected chi connectivity index (χ2v) is 4.83. The van der Waals surface area contributed by atoms with Gasteiger partial charge in [-0.15, -0.1) is 0 Å². The molecular formula is C15H20O. The summed E-state index contributed by atoms with van der Waals surface area (Å²) < 4.78 is 0. The van der Waals surface area contributed by atoms with Crippen molar-refractivity contribution in [2.75, 3.05) is 0 Å². The smallest absolute Gasteiger partial charge is 0.143 e. The van der Waals surface area contributed by atoms with Gasteiger partial charge >= 0.3 is 0 Å². The van der Waals surface area contributed by atoms with Crippen LogP contribution in [0.5, 0.6) is 0 Å². The number of benzene rings is 1. The number of carbonyl (C=O) groups excluding carboxylic acids is 1. The molecule has 1 fully saturated rings.